The summed E-state index contributed by atoms with van der Waals surface area (Å²) in [5.74, 6) is 1.08. The number of hydrogen-bond donors (Lipinski definition) is 1. The van der Waals surface area contributed by atoms with E-state index in [4.69, 9.17) is 4.74 Å². The second-order valence-corrected chi connectivity index (χ2v) is 7.67. The average Bonchev–Trinajstić information content (AvgIpc) is 2.69. The van der Waals surface area contributed by atoms with Crippen molar-refractivity contribution in [3.05, 3.63) is 59.8 Å². The Labute approximate surface area is 154 Å². The molecule has 3 heteroatoms. The number of aromatic nitrogens is 1. The number of nitrogens with zero attached hydrogens (tertiary/aromatic N) is 1. The van der Waals surface area contributed by atoms with Gasteiger partial charge < -0.3 is 10.1 Å². The van der Waals surface area contributed by atoms with Gasteiger partial charge in [0.25, 0.3) is 0 Å². The minimum absolute atomic E-state index is 0.0557. The molecule has 1 fully saturated rings. The van der Waals surface area contributed by atoms with Crippen molar-refractivity contribution < 1.29 is 4.74 Å². The number of aryl methyl sites for hydroxylation is 2. The Morgan fingerprint density at radius 3 is 2.77 bits per heavy atom. The van der Waals surface area contributed by atoms with Gasteiger partial charge >= 0.3 is 0 Å². The highest BCUT2D eigenvalue weighted by Gasteiger charge is 2.37. The van der Waals surface area contributed by atoms with Crippen LogP contribution >= 0.6 is 0 Å². The van der Waals surface area contributed by atoms with E-state index in [2.05, 4.69) is 53.6 Å². The number of para-hydroxylation sites is 1. The Morgan fingerprint density at radius 2 is 1.88 bits per heavy atom. The summed E-state index contributed by atoms with van der Waals surface area (Å²) in [5, 5.41) is 4.67. The van der Waals surface area contributed by atoms with E-state index >= 15 is 0 Å². The molecule has 2 aliphatic rings. The first-order chi connectivity index (χ1) is 12.7. The highest BCUT2D eigenvalue weighted by molar-refractivity contribution is 5.88. The summed E-state index contributed by atoms with van der Waals surface area (Å²) in [7, 11) is 0. The van der Waals surface area contributed by atoms with E-state index in [1.807, 2.05) is 12.3 Å². The van der Waals surface area contributed by atoms with Gasteiger partial charge in [-0.1, -0.05) is 24.3 Å². The molecule has 3 aromatic rings. The molecule has 2 aliphatic heterocycles. The molecule has 132 valence electrons. The van der Waals surface area contributed by atoms with Gasteiger partial charge in [0, 0.05) is 17.1 Å². The molecule has 1 N–H and O–H groups in total. The van der Waals surface area contributed by atoms with Crippen molar-refractivity contribution in [2.75, 3.05) is 13.1 Å². The lowest BCUT2D eigenvalue weighted by Gasteiger charge is -2.41. The lowest BCUT2D eigenvalue weighted by atomic mass is 9.83. The van der Waals surface area contributed by atoms with Crippen molar-refractivity contribution >= 4 is 10.9 Å². The Kier molecular flexibility index (Phi) is 3.71. The second-order valence-electron chi connectivity index (χ2n) is 7.67. The molecule has 0 saturated carbocycles. The van der Waals surface area contributed by atoms with Gasteiger partial charge in [-0.2, -0.15) is 0 Å². The third-order valence-corrected chi connectivity index (χ3v) is 6.11. The molecule has 5 rings (SSSR count). The predicted octanol–water partition coefficient (Wildman–Crippen LogP) is 4.66. The molecule has 1 spiro atoms. The van der Waals surface area contributed by atoms with Crippen LogP contribution < -0.4 is 10.1 Å². The number of hydrogen-bond acceptors (Lipinski definition) is 3. The molecule has 0 radical (unpaired) electrons. The molecule has 0 amide bonds. The summed E-state index contributed by atoms with van der Waals surface area (Å²) in [6, 6.07) is 15.0. The van der Waals surface area contributed by atoms with Crippen molar-refractivity contribution in [3.63, 3.8) is 0 Å². The lowest BCUT2D eigenvalue weighted by molar-refractivity contribution is 0.0170. The minimum Gasteiger partial charge on any atom is -0.487 e. The van der Waals surface area contributed by atoms with Crippen LogP contribution in [0.3, 0.4) is 0 Å². The fourth-order valence-corrected chi connectivity index (χ4v) is 4.49. The third-order valence-electron chi connectivity index (χ3n) is 6.11. The maximum absolute atomic E-state index is 6.50. The van der Waals surface area contributed by atoms with Gasteiger partial charge in [0.05, 0.1) is 5.52 Å². The van der Waals surface area contributed by atoms with Crippen molar-refractivity contribution in [1.82, 2.24) is 10.3 Å². The number of nitrogens with one attached hydrogen (secondary N) is 1. The van der Waals surface area contributed by atoms with Gasteiger partial charge in [0.15, 0.2) is 0 Å². The van der Waals surface area contributed by atoms with Crippen LogP contribution in [0.4, 0.5) is 0 Å². The number of fused-ring (bicyclic) bond motifs is 2. The van der Waals surface area contributed by atoms with Gasteiger partial charge in [-0.3, -0.25) is 4.98 Å². The van der Waals surface area contributed by atoms with Crippen molar-refractivity contribution in [1.29, 1.82) is 0 Å². The SMILES string of the molecule is Cc1c(-c2ccc3c(c2)CCC2(CCNCC2)O3)cnc2ccccc12. The second kappa shape index (κ2) is 6.10. The highest BCUT2D eigenvalue weighted by atomic mass is 16.5. The molecule has 0 unspecified atom stereocenters. The molecule has 0 aliphatic carbocycles. The number of benzene rings is 2. The van der Waals surface area contributed by atoms with Gasteiger partial charge in [-0.25, -0.2) is 0 Å². The maximum Gasteiger partial charge on any atom is 0.123 e. The van der Waals surface area contributed by atoms with Gasteiger partial charge in [0.1, 0.15) is 11.4 Å². The van der Waals surface area contributed by atoms with Crippen LogP contribution in [-0.4, -0.2) is 23.7 Å². The van der Waals surface area contributed by atoms with Gasteiger partial charge in [-0.05, 0) is 80.6 Å². The summed E-state index contributed by atoms with van der Waals surface area (Å²) >= 11 is 0. The lowest BCUT2D eigenvalue weighted by Crippen LogP contribution is -2.48. The van der Waals surface area contributed by atoms with E-state index in [0.29, 0.717) is 0 Å². The van der Waals surface area contributed by atoms with E-state index < -0.39 is 0 Å². The van der Waals surface area contributed by atoms with E-state index in [0.717, 1.165) is 50.0 Å². The quantitative estimate of drug-likeness (QED) is 0.697. The monoisotopic (exact) mass is 344 g/mol. The third kappa shape index (κ3) is 2.58. The topological polar surface area (TPSA) is 34.1 Å². The van der Waals surface area contributed by atoms with Crippen LogP contribution in [0.15, 0.2) is 48.7 Å². The minimum atomic E-state index is 0.0557. The molecular formula is C23H24N2O. The Morgan fingerprint density at radius 1 is 1.04 bits per heavy atom. The number of rotatable bonds is 1. The maximum atomic E-state index is 6.50. The number of piperidine rings is 1. The average molecular weight is 344 g/mol. The molecule has 0 atom stereocenters. The summed E-state index contributed by atoms with van der Waals surface area (Å²) in [4.78, 5) is 4.66. The van der Waals surface area contributed by atoms with Crippen molar-refractivity contribution in [3.8, 4) is 16.9 Å². The first kappa shape index (κ1) is 15.8. The van der Waals surface area contributed by atoms with Crippen LogP contribution in [-0.2, 0) is 6.42 Å². The molecule has 26 heavy (non-hydrogen) atoms. The Bertz CT molecular complexity index is 973. The first-order valence-corrected chi connectivity index (χ1v) is 9.62. The summed E-state index contributed by atoms with van der Waals surface area (Å²) in [6.07, 6.45) is 6.46. The van der Waals surface area contributed by atoms with E-state index in [9.17, 15) is 0 Å². The molecule has 1 saturated heterocycles. The summed E-state index contributed by atoms with van der Waals surface area (Å²) < 4.78 is 6.50. The first-order valence-electron chi connectivity index (χ1n) is 9.62. The smallest absolute Gasteiger partial charge is 0.123 e. The standard InChI is InChI=1S/C23H24N2O/c1-16-19-4-2-3-5-21(19)25-15-20(16)17-6-7-22-18(14-17)8-9-23(26-22)10-12-24-13-11-23/h2-7,14-15,24H,8-13H2,1H3. The van der Waals surface area contributed by atoms with Crippen molar-refractivity contribution in [2.24, 2.45) is 0 Å². The van der Waals surface area contributed by atoms with Crippen LogP contribution in [0.25, 0.3) is 22.0 Å². The molecule has 2 aromatic carbocycles. The van der Waals surface area contributed by atoms with E-state index in [-0.39, 0.29) is 5.60 Å². The van der Waals surface area contributed by atoms with Crippen LogP contribution in [0.2, 0.25) is 0 Å². The molecule has 1 aromatic heterocycles. The van der Waals surface area contributed by atoms with Crippen molar-refractivity contribution in [2.45, 2.75) is 38.2 Å². The molecule has 0 bridgehead atoms. The number of ether oxygens (including phenoxy) is 1. The zero-order valence-electron chi connectivity index (χ0n) is 15.2. The van der Waals surface area contributed by atoms with Gasteiger partial charge in [-0.15, -0.1) is 0 Å². The molecular weight excluding hydrogens is 320 g/mol. The predicted molar refractivity (Wildman–Crippen MR) is 106 cm³/mol. The summed E-state index contributed by atoms with van der Waals surface area (Å²) in [6.45, 7) is 4.32. The summed E-state index contributed by atoms with van der Waals surface area (Å²) in [5.41, 5.74) is 6.20. The van der Waals surface area contributed by atoms with Crippen LogP contribution in [0.5, 0.6) is 5.75 Å². The van der Waals surface area contributed by atoms with E-state index in [1.54, 1.807) is 0 Å². The van der Waals surface area contributed by atoms with Crippen LogP contribution in [0.1, 0.15) is 30.4 Å². The molecule has 3 nitrogen and oxygen atoms in total. The fraction of sp³-hybridized carbons (Fsp3) is 0.348. The fourth-order valence-electron chi connectivity index (χ4n) is 4.49. The zero-order chi connectivity index (χ0) is 17.6. The molecule has 3 heterocycles. The largest absolute Gasteiger partial charge is 0.487 e. The van der Waals surface area contributed by atoms with Gasteiger partial charge in [0.2, 0.25) is 0 Å². The normalized spacial score (nSPS) is 18.5. The Balaban J connectivity index is 1.52. The highest BCUT2D eigenvalue weighted by Crippen LogP contribution is 2.40. The van der Waals surface area contributed by atoms with E-state index in [1.165, 1.54) is 27.6 Å². The van der Waals surface area contributed by atoms with Crippen LogP contribution in [0, 0.1) is 6.92 Å². The number of pyridine rings is 1. The zero-order valence-corrected chi connectivity index (χ0v) is 15.2. The Hall–Kier alpha value is -2.39.